The van der Waals surface area contributed by atoms with E-state index in [-0.39, 0.29) is 11.4 Å². The zero-order chi connectivity index (χ0) is 21.3. The highest BCUT2D eigenvalue weighted by Crippen LogP contribution is 2.25. The van der Waals surface area contributed by atoms with Crippen molar-refractivity contribution >= 4 is 34.6 Å². The van der Waals surface area contributed by atoms with Gasteiger partial charge in [0.2, 0.25) is 0 Å². The largest absolute Gasteiger partial charge is 0.595 e. The summed E-state index contributed by atoms with van der Waals surface area (Å²) in [5.41, 5.74) is 4.64. The van der Waals surface area contributed by atoms with Gasteiger partial charge in [0, 0.05) is 30.0 Å². The van der Waals surface area contributed by atoms with Crippen LogP contribution in [0.5, 0.6) is 0 Å². The molecule has 8 nitrogen and oxygen atoms in total. The fourth-order valence-electron chi connectivity index (χ4n) is 3.22. The topological polar surface area (TPSA) is 113 Å². The summed E-state index contributed by atoms with van der Waals surface area (Å²) in [6.07, 6.45) is 3.67. The molecule has 0 radical (unpaired) electrons. The van der Waals surface area contributed by atoms with Crippen molar-refractivity contribution in [1.29, 1.82) is 0 Å². The van der Waals surface area contributed by atoms with E-state index in [1.165, 1.54) is 0 Å². The summed E-state index contributed by atoms with van der Waals surface area (Å²) < 4.78 is 1.96. The van der Waals surface area contributed by atoms with Gasteiger partial charge in [-0.25, -0.2) is 15.4 Å². The molecule has 0 bridgehead atoms. The minimum absolute atomic E-state index is 0.177. The van der Waals surface area contributed by atoms with Crippen molar-refractivity contribution < 1.29 is 20.9 Å². The SMILES string of the molecule is Cc1ccc(-n2c(C=Cc3ccc([NH+]([O-])O)cc3)nc3cc([NH+]([O-])O)ccc32)cc1. The zero-order valence-electron chi connectivity index (χ0n) is 16.1. The molecule has 0 aliphatic carbocycles. The standard InChI is InChI=1S/C22H20N4O4/c1-15-2-7-17(8-3-15)24-21-12-11-19(26(29)30)14-20(21)23-22(24)13-6-16-4-9-18(10-5-16)25(27)28/h2-14,25-27,29H,1H3. The third-order valence-electron chi connectivity index (χ3n) is 4.80. The fourth-order valence-corrected chi connectivity index (χ4v) is 3.22. The molecule has 0 aliphatic heterocycles. The molecule has 0 amide bonds. The number of benzene rings is 3. The Morgan fingerprint density at radius 2 is 1.47 bits per heavy atom. The smallest absolute Gasteiger partial charge is 0.166 e. The highest BCUT2D eigenvalue weighted by molar-refractivity contribution is 5.84. The summed E-state index contributed by atoms with van der Waals surface area (Å²) in [4.78, 5) is 4.63. The van der Waals surface area contributed by atoms with Crippen LogP contribution in [0.4, 0.5) is 11.4 Å². The van der Waals surface area contributed by atoms with Crippen LogP contribution >= 0.6 is 0 Å². The third-order valence-corrected chi connectivity index (χ3v) is 4.80. The molecule has 4 rings (SSSR count). The molecular weight excluding hydrogens is 384 g/mol. The van der Waals surface area contributed by atoms with E-state index in [1.807, 2.05) is 47.9 Å². The Morgan fingerprint density at radius 1 is 0.833 bits per heavy atom. The highest BCUT2D eigenvalue weighted by atomic mass is 16.8. The second-order valence-corrected chi connectivity index (χ2v) is 6.91. The lowest BCUT2D eigenvalue weighted by Gasteiger charge is -2.11. The maximum atomic E-state index is 11.3. The molecule has 8 heteroatoms. The summed E-state index contributed by atoms with van der Waals surface area (Å²) in [5, 5.41) is 38.7. The van der Waals surface area contributed by atoms with Gasteiger partial charge in [-0.15, -0.1) is 0 Å². The van der Waals surface area contributed by atoms with E-state index in [9.17, 15) is 15.6 Å². The molecule has 1 aromatic heterocycles. The third kappa shape index (κ3) is 4.00. The average molecular weight is 404 g/mol. The quantitative estimate of drug-likeness (QED) is 0.381. The van der Waals surface area contributed by atoms with Crippen LogP contribution in [-0.4, -0.2) is 20.0 Å². The van der Waals surface area contributed by atoms with Crippen molar-refractivity contribution in [1.82, 2.24) is 9.55 Å². The molecule has 3 aromatic carbocycles. The van der Waals surface area contributed by atoms with Gasteiger partial charge < -0.3 is 10.4 Å². The van der Waals surface area contributed by atoms with Crippen molar-refractivity contribution in [3.63, 3.8) is 0 Å². The second kappa shape index (κ2) is 8.17. The van der Waals surface area contributed by atoms with Crippen molar-refractivity contribution in [3.8, 4) is 5.69 Å². The number of imidazole rings is 1. The maximum absolute atomic E-state index is 11.3. The van der Waals surface area contributed by atoms with E-state index in [0.29, 0.717) is 11.3 Å². The van der Waals surface area contributed by atoms with E-state index in [2.05, 4.69) is 4.98 Å². The number of hydrogen-bond donors (Lipinski definition) is 4. The Labute approximate surface area is 172 Å². The molecule has 2 atom stereocenters. The minimum Gasteiger partial charge on any atom is -0.595 e. The summed E-state index contributed by atoms with van der Waals surface area (Å²) in [6.45, 7) is 2.01. The monoisotopic (exact) mass is 404 g/mol. The molecule has 30 heavy (non-hydrogen) atoms. The van der Waals surface area contributed by atoms with Gasteiger partial charge >= 0.3 is 0 Å². The van der Waals surface area contributed by atoms with Crippen LogP contribution in [0.2, 0.25) is 0 Å². The lowest BCUT2D eigenvalue weighted by atomic mass is 10.2. The maximum Gasteiger partial charge on any atom is 0.166 e. The minimum atomic E-state index is -1.00. The van der Waals surface area contributed by atoms with E-state index < -0.39 is 10.5 Å². The van der Waals surface area contributed by atoms with Crippen molar-refractivity contribution in [2.24, 2.45) is 0 Å². The van der Waals surface area contributed by atoms with Crippen molar-refractivity contribution in [3.05, 3.63) is 94.1 Å². The molecule has 4 N–H and O–H groups in total. The molecule has 0 saturated heterocycles. The van der Waals surface area contributed by atoms with E-state index in [0.717, 1.165) is 22.3 Å². The Kier molecular flexibility index (Phi) is 5.42. The zero-order valence-corrected chi connectivity index (χ0v) is 16.1. The Bertz CT molecular complexity index is 1200. The van der Waals surface area contributed by atoms with Gasteiger partial charge in [0.1, 0.15) is 5.82 Å². The Morgan fingerprint density at radius 3 is 2.10 bits per heavy atom. The second-order valence-electron chi connectivity index (χ2n) is 6.91. The number of fused-ring (bicyclic) bond motifs is 1. The van der Waals surface area contributed by atoms with Crippen LogP contribution in [0.3, 0.4) is 0 Å². The molecule has 2 unspecified atom stereocenters. The van der Waals surface area contributed by atoms with Crippen molar-refractivity contribution in [2.45, 2.75) is 6.92 Å². The number of quaternary nitrogens is 2. The van der Waals surface area contributed by atoms with Gasteiger partial charge in [-0.1, -0.05) is 23.8 Å². The van der Waals surface area contributed by atoms with Gasteiger partial charge in [-0.3, -0.25) is 4.57 Å². The predicted molar refractivity (Wildman–Crippen MR) is 113 cm³/mol. The van der Waals surface area contributed by atoms with Crippen LogP contribution in [0.1, 0.15) is 17.0 Å². The summed E-state index contributed by atoms with van der Waals surface area (Å²) >= 11 is 0. The number of nitrogens with one attached hydrogen (secondary N) is 2. The molecule has 0 saturated carbocycles. The Balaban J connectivity index is 1.80. The van der Waals surface area contributed by atoms with Crippen LogP contribution in [-0.2, 0) is 0 Å². The number of rotatable bonds is 5. The van der Waals surface area contributed by atoms with Crippen LogP contribution in [0.15, 0.2) is 66.7 Å². The number of nitrogens with zero attached hydrogens (tertiary/aromatic N) is 2. The molecular formula is C22H20N4O4. The Hall–Kier alpha value is -3.37. The predicted octanol–water partition coefficient (Wildman–Crippen LogP) is 2.31. The molecule has 0 fully saturated rings. The summed E-state index contributed by atoms with van der Waals surface area (Å²) in [6, 6.07) is 19.4. The molecule has 4 aromatic rings. The van der Waals surface area contributed by atoms with Gasteiger partial charge in [0.25, 0.3) is 0 Å². The van der Waals surface area contributed by atoms with Gasteiger partial charge in [0.05, 0.1) is 11.0 Å². The van der Waals surface area contributed by atoms with E-state index in [4.69, 9.17) is 5.21 Å². The van der Waals surface area contributed by atoms with E-state index in [1.54, 1.807) is 42.5 Å². The van der Waals surface area contributed by atoms with Crippen molar-refractivity contribution in [2.75, 3.05) is 0 Å². The normalized spacial score (nSPS) is 13.8. The van der Waals surface area contributed by atoms with Gasteiger partial charge in [-0.05, 0) is 48.9 Å². The van der Waals surface area contributed by atoms with Crippen LogP contribution in [0, 0.1) is 17.3 Å². The highest BCUT2D eigenvalue weighted by Gasteiger charge is 2.13. The van der Waals surface area contributed by atoms with Gasteiger partial charge in [-0.2, -0.15) is 10.5 Å². The average Bonchev–Trinajstić information content (AvgIpc) is 3.10. The number of aryl methyl sites for hydroxylation is 1. The van der Waals surface area contributed by atoms with Crippen LogP contribution in [0.25, 0.3) is 28.9 Å². The summed E-state index contributed by atoms with van der Waals surface area (Å²) in [7, 11) is 0. The molecule has 0 aliphatic rings. The van der Waals surface area contributed by atoms with E-state index >= 15 is 0 Å². The fraction of sp³-hybridized carbons (Fsp3) is 0.0455. The first kappa shape index (κ1) is 19.9. The molecule has 0 spiro atoms. The lowest BCUT2D eigenvalue weighted by molar-refractivity contribution is -0.991. The molecule has 152 valence electrons. The van der Waals surface area contributed by atoms with Gasteiger partial charge in [0.15, 0.2) is 11.4 Å². The van der Waals surface area contributed by atoms with Crippen LogP contribution < -0.4 is 10.5 Å². The summed E-state index contributed by atoms with van der Waals surface area (Å²) in [5.74, 6) is 0.638. The lowest BCUT2D eigenvalue weighted by Crippen LogP contribution is -2.99. The number of hydrogen-bond acceptors (Lipinski definition) is 5. The first-order chi connectivity index (χ1) is 14.4. The number of aromatic nitrogens is 2. The first-order valence-electron chi connectivity index (χ1n) is 9.26. The first-order valence-corrected chi connectivity index (χ1v) is 9.26. The molecule has 1 heterocycles.